The van der Waals surface area contributed by atoms with Crippen molar-refractivity contribution < 1.29 is 14.3 Å². The fraction of sp³-hybridized carbons (Fsp3) is 0.931. The molecule has 0 aromatic rings. The molecular weight excluding hydrogens is 396 g/mol. The zero-order chi connectivity index (χ0) is 22.8. The first-order valence-corrected chi connectivity index (χ1v) is 14.1. The third-order valence-corrected chi connectivity index (χ3v) is 10.7. The van der Waals surface area contributed by atoms with E-state index in [0.29, 0.717) is 29.5 Å². The van der Waals surface area contributed by atoms with E-state index in [1.54, 1.807) is 0 Å². The molecule has 32 heavy (non-hydrogen) atoms. The van der Waals surface area contributed by atoms with Crippen LogP contribution in [0.25, 0.3) is 0 Å². The second-order valence-electron chi connectivity index (χ2n) is 12.4. The predicted octanol–water partition coefficient (Wildman–Crippen LogP) is 7.65. The maximum Gasteiger partial charge on any atom is 0.306 e. The van der Waals surface area contributed by atoms with E-state index >= 15 is 0 Å². The standard InChI is InChI=1S/C29H48O3/c1-4-5-6-7-8-9-10-11-27(31)32-26-15-14-24-23-13-12-21-20-22(30)16-18-28(21,2)25(23)17-19-29(24,26)3/h21,23-26H,4-20H2,1-3H3/t21-,23-,24-,25-,26-,28-,29-/m0/s1. The lowest BCUT2D eigenvalue weighted by Gasteiger charge is -2.60. The molecule has 4 fully saturated rings. The van der Waals surface area contributed by atoms with Crippen LogP contribution in [0.3, 0.4) is 0 Å². The highest BCUT2D eigenvalue weighted by atomic mass is 16.5. The molecule has 3 nitrogen and oxygen atoms in total. The van der Waals surface area contributed by atoms with Crippen molar-refractivity contribution in [1.82, 2.24) is 0 Å². The van der Waals surface area contributed by atoms with E-state index in [0.717, 1.165) is 50.4 Å². The van der Waals surface area contributed by atoms with Crippen molar-refractivity contribution in [3.63, 3.8) is 0 Å². The average Bonchev–Trinajstić information content (AvgIpc) is 3.10. The smallest absolute Gasteiger partial charge is 0.306 e. The van der Waals surface area contributed by atoms with E-state index in [1.807, 2.05) is 0 Å². The molecule has 4 rings (SSSR count). The Kier molecular flexibility index (Phi) is 7.72. The Hall–Kier alpha value is -0.860. The highest BCUT2D eigenvalue weighted by Gasteiger charge is 2.61. The van der Waals surface area contributed by atoms with E-state index in [4.69, 9.17) is 4.74 Å². The van der Waals surface area contributed by atoms with Gasteiger partial charge in [0.25, 0.3) is 0 Å². The first kappa shape index (κ1) is 24.3. The summed E-state index contributed by atoms with van der Waals surface area (Å²) in [5, 5.41) is 0. The number of carbonyl (C=O) groups excluding carboxylic acids is 2. The average molecular weight is 445 g/mol. The lowest BCUT2D eigenvalue weighted by Crippen LogP contribution is -2.54. The molecule has 0 saturated heterocycles. The fourth-order valence-electron chi connectivity index (χ4n) is 8.63. The summed E-state index contributed by atoms with van der Waals surface area (Å²) in [6.07, 6.45) is 19.4. The molecule has 0 aromatic carbocycles. The molecule has 0 unspecified atom stereocenters. The maximum absolute atomic E-state index is 12.6. The molecule has 0 bridgehead atoms. The van der Waals surface area contributed by atoms with E-state index in [9.17, 15) is 9.59 Å². The summed E-state index contributed by atoms with van der Waals surface area (Å²) in [4.78, 5) is 24.8. The van der Waals surface area contributed by atoms with Crippen molar-refractivity contribution in [2.24, 2.45) is 34.5 Å². The van der Waals surface area contributed by atoms with Gasteiger partial charge >= 0.3 is 5.97 Å². The van der Waals surface area contributed by atoms with Gasteiger partial charge in [-0.1, -0.05) is 59.3 Å². The van der Waals surface area contributed by atoms with Gasteiger partial charge in [0.15, 0.2) is 0 Å². The number of rotatable bonds is 9. The second-order valence-corrected chi connectivity index (χ2v) is 12.4. The van der Waals surface area contributed by atoms with Crippen LogP contribution >= 0.6 is 0 Å². The number of ether oxygens (including phenoxy) is 1. The molecule has 0 amide bonds. The van der Waals surface area contributed by atoms with Crippen LogP contribution in [-0.4, -0.2) is 17.9 Å². The summed E-state index contributed by atoms with van der Waals surface area (Å²) in [6, 6.07) is 0. The topological polar surface area (TPSA) is 43.4 Å². The Labute approximate surface area is 196 Å². The van der Waals surface area contributed by atoms with Crippen molar-refractivity contribution in [2.45, 2.75) is 136 Å². The van der Waals surface area contributed by atoms with Gasteiger partial charge in [-0.3, -0.25) is 9.59 Å². The molecule has 4 saturated carbocycles. The Bertz CT molecular complexity index is 671. The molecule has 182 valence electrons. The third-order valence-electron chi connectivity index (χ3n) is 10.7. The molecule has 4 aliphatic rings. The highest BCUT2D eigenvalue weighted by Crippen LogP contribution is 2.66. The predicted molar refractivity (Wildman–Crippen MR) is 129 cm³/mol. The van der Waals surface area contributed by atoms with Crippen LogP contribution in [0, 0.1) is 34.5 Å². The lowest BCUT2D eigenvalue weighted by molar-refractivity contribution is -0.164. The Morgan fingerprint density at radius 2 is 1.59 bits per heavy atom. The number of unbranched alkanes of at least 4 members (excludes halogenated alkanes) is 6. The number of fused-ring (bicyclic) bond motifs is 5. The summed E-state index contributed by atoms with van der Waals surface area (Å²) >= 11 is 0. The first-order chi connectivity index (χ1) is 15.4. The normalized spacial score (nSPS) is 41.0. The molecule has 4 aliphatic carbocycles. The van der Waals surface area contributed by atoms with E-state index in [1.165, 1.54) is 64.2 Å². The highest BCUT2D eigenvalue weighted by molar-refractivity contribution is 5.79. The van der Waals surface area contributed by atoms with Crippen LogP contribution in [-0.2, 0) is 14.3 Å². The minimum Gasteiger partial charge on any atom is -0.462 e. The molecule has 0 aromatic heterocycles. The van der Waals surface area contributed by atoms with Crippen LogP contribution in [0.15, 0.2) is 0 Å². The summed E-state index contributed by atoms with van der Waals surface area (Å²) in [7, 11) is 0. The van der Waals surface area contributed by atoms with Gasteiger partial charge in [-0.05, 0) is 80.5 Å². The summed E-state index contributed by atoms with van der Waals surface area (Å²) in [5.74, 6) is 3.42. The Balaban J connectivity index is 1.29. The number of hydrogen-bond donors (Lipinski definition) is 0. The van der Waals surface area contributed by atoms with E-state index in [2.05, 4.69) is 20.8 Å². The molecular formula is C29H48O3. The van der Waals surface area contributed by atoms with Gasteiger partial charge in [-0.15, -0.1) is 0 Å². The molecule has 3 heteroatoms. The maximum atomic E-state index is 12.6. The van der Waals surface area contributed by atoms with Crippen molar-refractivity contribution in [3.8, 4) is 0 Å². The molecule has 0 N–H and O–H groups in total. The van der Waals surface area contributed by atoms with Gasteiger partial charge in [0, 0.05) is 24.7 Å². The fourth-order valence-corrected chi connectivity index (χ4v) is 8.63. The molecule has 0 heterocycles. The van der Waals surface area contributed by atoms with Crippen LogP contribution in [0.2, 0.25) is 0 Å². The number of esters is 1. The molecule has 0 aliphatic heterocycles. The van der Waals surface area contributed by atoms with Crippen molar-refractivity contribution in [3.05, 3.63) is 0 Å². The van der Waals surface area contributed by atoms with Crippen LogP contribution in [0.1, 0.15) is 130 Å². The summed E-state index contributed by atoms with van der Waals surface area (Å²) < 4.78 is 6.17. The number of hydrogen-bond acceptors (Lipinski definition) is 3. The molecule has 7 atom stereocenters. The monoisotopic (exact) mass is 444 g/mol. The molecule has 0 spiro atoms. The zero-order valence-corrected chi connectivity index (χ0v) is 21.1. The van der Waals surface area contributed by atoms with Gasteiger partial charge in [-0.2, -0.15) is 0 Å². The Morgan fingerprint density at radius 1 is 0.875 bits per heavy atom. The Morgan fingerprint density at radius 3 is 2.38 bits per heavy atom. The minimum atomic E-state index is 0.0500. The number of carbonyl (C=O) groups is 2. The van der Waals surface area contributed by atoms with Gasteiger partial charge in [0.1, 0.15) is 11.9 Å². The summed E-state index contributed by atoms with van der Waals surface area (Å²) in [5.41, 5.74) is 0.536. The van der Waals surface area contributed by atoms with Crippen molar-refractivity contribution in [1.29, 1.82) is 0 Å². The number of Topliss-reactive ketones (excluding diaryl/α,β-unsaturated/α-hetero) is 1. The van der Waals surface area contributed by atoms with Crippen molar-refractivity contribution in [2.75, 3.05) is 0 Å². The van der Waals surface area contributed by atoms with Gasteiger partial charge in [0.2, 0.25) is 0 Å². The first-order valence-electron chi connectivity index (χ1n) is 14.1. The van der Waals surface area contributed by atoms with Crippen LogP contribution < -0.4 is 0 Å². The largest absolute Gasteiger partial charge is 0.462 e. The SMILES string of the molecule is CCCCCCCCCC(=O)O[C@H]1CC[C@H]2[C@@H]3CC[C@H]4CC(=O)CC[C@]4(C)[C@H]3CC[C@]12C. The minimum absolute atomic E-state index is 0.0500. The van der Waals surface area contributed by atoms with Gasteiger partial charge in [-0.25, -0.2) is 0 Å². The number of ketones is 1. The third kappa shape index (κ3) is 4.69. The van der Waals surface area contributed by atoms with Crippen LogP contribution in [0.5, 0.6) is 0 Å². The van der Waals surface area contributed by atoms with E-state index in [-0.39, 0.29) is 17.5 Å². The molecule has 0 radical (unpaired) electrons. The van der Waals surface area contributed by atoms with Crippen LogP contribution in [0.4, 0.5) is 0 Å². The zero-order valence-electron chi connectivity index (χ0n) is 21.1. The lowest BCUT2D eigenvalue weighted by atomic mass is 9.45. The quantitative estimate of drug-likeness (QED) is 0.271. The second kappa shape index (κ2) is 10.2. The van der Waals surface area contributed by atoms with Gasteiger partial charge in [0.05, 0.1) is 0 Å². The van der Waals surface area contributed by atoms with Gasteiger partial charge < -0.3 is 4.74 Å². The summed E-state index contributed by atoms with van der Waals surface area (Å²) in [6.45, 7) is 7.20. The van der Waals surface area contributed by atoms with Crippen molar-refractivity contribution >= 4 is 11.8 Å². The van der Waals surface area contributed by atoms with E-state index < -0.39 is 0 Å².